The van der Waals surface area contributed by atoms with E-state index in [4.69, 9.17) is 5.73 Å². The minimum atomic E-state index is -0.643. The summed E-state index contributed by atoms with van der Waals surface area (Å²) in [6, 6.07) is 18.7. The Labute approximate surface area is 195 Å². The molecular weight excluding hydrogens is 416 g/mol. The molecule has 2 saturated heterocycles. The molecule has 2 N–H and O–H groups in total. The molecule has 0 radical (unpaired) electrons. The molecule has 0 spiro atoms. The van der Waals surface area contributed by atoms with Gasteiger partial charge in [0.2, 0.25) is 11.8 Å². The van der Waals surface area contributed by atoms with Crippen molar-refractivity contribution < 1.29 is 14.4 Å². The van der Waals surface area contributed by atoms with Crippen LogP contribution in [0.15, 0.2) is 60.7 Å². The van der Waals surface area contributed by atoms with Crippen molar-refractivity contribution in [1.29, 1.82) is 0 Å². The maximum absolute atomic E-state index is 13.6. The zero-order valence-corrected chi connectivity index (χ0v) is 19.2. The van der Waals surface area contributed by atoms with Gasteiger partial charge in [0, 0.05) is 50.2 Å². The number of nitrogens with two attached hydrogens (primary N) is 1. The Kier molecular flexibility index (Phi) is 6.79. The number of nitrogens with zero attached hydrogens (tertiary/aromatic N) is 3. The summed E-state index contributed by atoms with van der Waals surface area (Å²) in [5.74, 6) is -0.506. The number of amides is 3. The zero-order chi connectivity index (χ0) is 23.4. The average Bonchev–Trinajstić information content (AvgIpc) is 2.85. The van der Waals surface area contributed by atoms with Crippen molar-refractivity contribution in [3.8, 4) is 0 Å². The van der Waals surface area contributed by atoms with Crippen LogP contribution >= 0.6 is 0 Å². The lowest BCUT2D eigenvalue weighted by molar-refractivity contribution is -0.153. The summed E-state index contributed by atoms with van der Waals surface area (Å²) in [5, 5.41) is 0. The van der Waals surface area contributed by atoms with Crippen LogP contribution in [0.1, 0.15) is 35.7 Å². The first-order chi connectivity index (χ1) is 15.9. The van der Waals surface area contributed by atoms with Gasteiger partial charge in [0.25, 0.3) is 5.91 Å². The number of carbonyl (C=O) groups excluding carboxylic acids is 3. The van der Waals surface area contributed by atoms with E-state index in [1.807, 2.05) is 60.4 Å². The molecule has 2 aromatic rings. The summed E-state index contributed by atoms with van der Waals surface area (Å²) in [6.45, 7) is 5.32. The molecule has 2 fully saturated rings. The van der Waals surface area contributed by atoms with E-state index >= 15 is 0 Å². The summed E-state index contributed by atoms with van der Waals surface area (Å²) >= 11 is 0. The van der Waals surface area contributed by atoms with Gasteiger partial charge < -0.3 is 15.5 Å². The van der Waals surface area contributed by atoms with Crippen LogP contribution in [0.25, 0.3) is 0 Å². The first-order valence-corrected chi connectivity index (χ1v) is 11.6. The van der Waals surface area contributed by atoms with E-state index in [9.17, 15) is 14.4 Å². The molecule has 0 bridgehead atoms. The second-order valence-corrected chi connectivity index (χ2v) is 9.36. The van der Waals surface area contributed by atoms with Crippen LogP contribution in [0.5, 0.6) is 0 Å². The van der Waals surface area contributed by atoms with Crippen molar-refractivity contribution in [2.75, 3.05) is 32.7 Å². The summed E-state index contributed by atoms with van der Waals surface area (Å²) in [6.07, 6.45) is 1.14. The highest BCUT2D eigenvalue weighted by atomic mass is 16.2. The zero-order valence-electron chi connectivity index (χ0n) is 19.2. The van der Waals surface area contributed by atoms with E-state index in [2.05, 4.69) is 17.0 Å². The number of piperidine rings is 1. The molecule has 0 aliphatic carbocycles. The number of piperazine rings is 1. The van der Waals surface area contributed by atoms with Crippen molar-refractivity contribution in [1.82, 2.24) is 14.7 Å². The maximum Gasteiger partial charge on any atom is 0.253 e. The van der Waals surface area contributed by atoms with Gasteiger partial charge in [-0.25, -0.2) is 0 Å². The van der Waals surface area contributed by atoms with Gasteiger partial charge in [0.05, 0.1) is 0 Å². The Balaban J connectivity index is 1.39. The molecule has 2 aliphatic rings. The Morgan fingerprint density at radius 1 is 0.909 bits per heavy atom. The minimum absolute atomic E-state index is 0.00497. The largest absolute Gasteiger partial charge is 0.368 e. The fourth-order valence-electron chi connectivity index (χ4n) is 4.84. The second kappa shape index (κ2) is 9.75. The van der Waals surface area contributed by atoms with E-state index in [-0.39, 0.29) is 11.8 Å². The molecule has 174 valence electrons. The van der Waals surface area contributed by atoms with Crippen LogP contribution in [0.2, 0.25) is 0 Å². The van der Waals surface area contributed by atoms with Crippen LogP contribution in [0, 0.1) is 5.41 Å². The third-order valence-electron chi connectivity index (χ3n) is 6.99. The number of likely N-dealkylation sites (tertiary alicyclic amines) is 1. The summed E-state index contributed by atoms with van der Waals surface area (Å²) < 4.78 is 0. The van der Waals surface area contributed by atoms with Gasteiger partial charge in [-0.2, -0.15) is 0 Å². The van der Waals surface area contributed by atoms with E-state index in [0.29, 0.717) is 51.1 Å². The monoisotopic (exact) mass is 448 g/mol. The van der Waals surface area contributed by atoms with Crippen LogP contribution in [0.4, 0.5) is 0 Å². The summed E-state index contributed by atoms with van der Waals surface area (Å²) in [5.41, 5.74) is 6.96. The predicted octanol–water partition coefficient (Wildman–Crippen LogP) is 2.13. The van der Waals surface area contributed by atoms with E-state index < -0.39 is 17.4 Å². The van der Waals surface area contributed by atoms with E-state index in [1.54, 1.807) is 4.90 Å². The van der Waals surface area contributed by atoms with Crippen molar-refractivity contribution >= 4 is 17.7 Å². The fraction of sp³-hybridized carbons (Fsp3) is 0.423. The number of hydrogen-bond acceptors (Lipinski definition) is 4. The van der Waals surface area contributed by atoms with Crippen molar-refractivity contribution in [3.63, 3.8) is 0 Å². The van der Waals surface area contributed by atoms with Crippen LogP contribution in [-0.2, 0) is 16.1 Å². The number of benzene rings is 2. The Hall–Kier alpha value is -3.19. The van der Waals surface area contributed by atoms with Gasteiger partial charge in [-0.3, -0.25) is 19.3 Å². The first kappa shape index (κ1) is 23.0. The molecule has 33 heavy (non-hydrogen) atoms. The molecule has 0 saturated carbocycles. The van der Waals surface area contributed by atoms with Crippen LogP contribution < -0.4 is 5.73 Å². The van der Waals surface area contributed by atoms with Gasteiger partial charge in [-0.15, -0.1) is 0 Å². The average molecular weight is 449 g/mol. The highest BCUT2D eigenvalue weighted by molar-refractivity contribution is 5.94. The molecule has 4 rings (SSSR count). The second-order valence-electron chi connectivity index (χ2n) is 9.36. The van der Waals surface area contributed by atoms with E-state index in [0.717, 1.165) is 6.54 Å². The molecule has 0 aromatic heterocycles. The maximum atomic E-state index is 13.6. The molecule has 3 amide bonds. The first-order valence-electron chi connectivity index (χ1n) is 11.6. The molecule has 1 atom stereocenters. The molecular formula is C26H32N4O3. The van der Waals surface area contributed by atoms with Gasteiger partial charge in [0.15, 0.2) is 0 Å². The molecule has 2 aliphatic heterocycles. The van der Waals surface area contributed by atoms with Crippen LogP contribution in [-0.4, -0.2) is 71.2 Å². The third-order valence-corrected chi connectivity index (χ3v) is 6.99. The number of primary amides is 1. The molecule has 2 aromatic carbocycles. The number of carbonyl (C=O) groups is 3. The van der Waals surface area contributed by atoms with E-state index in [1.165, 1.54) is 5.56 Å². The quantitative estimate of drug-likeness (QED) is 0.759. The molecule has 7 heteroatoms. The standard InChI is InChI=1S/C26H32N4O3/c1-26(12-14-29(15-13-26)24(32)21-10-6-3-7-11-21)25(33)30-17-16-28(19-22(30)23(27)31)18-20-8-4-2-5-9-20/h2-11,22H,12-19H2,1H3,(H2,27,31)/t22-/m0/s1. The molecule has 7 nitrogen and oxygen atoms in total. The molecule has 2 heterocycles. The van der Waals surface area contributed by atoms with Gasteiger partial charge in [-0.05, 0) is 30.5 Å². The smallest absolute Gasteiger partial charge is 0.253 e. The van der Waals surface area contributed by atoms with Gasteiger partial charge in [0.1, 0.15) is 6.04 Å². The summed E-state index contributed by atoms with van der Waals surface area (Å²) in [4.78, 5) is 44.3. The fourth-order valence-corrected chi connectivity index (χ4v) is 4.84. The lowest BCUT2D eigenvalue weighted by Crippen LogP contribution is -2.62. The van der Waals surface area contributed by atoms with Crippen molar-refractivity contribution in [2.45, 2.75) is 32.4 Å². The predicted molar refractivity (Wildman–Crippen MR) is 126 cm³/mol. The van der Waals surface area contributed by atoms with Gasteiger partial charge in [-0.1, -0.05) is 55.5 Å². The SMILES string of the molecule is CC1(C(=O)N2CCN(Cc3ccccc3)C[C@H]2C(N)=O)CCN(C(=O)c2ccccc2)CC1. The Bertz CT molecular complexity index is 987. The number of hydrogen-bond donors (Lipinski definition) is 1. The number of rotatable bonds is 5. The molecule has 0 unspecified atom stereocenters. The Morgan fingerprint density at radius 2 is 1.52 bits per heavy atom. The highest BCUT2D eigenvalue weighted by Crippen LogP contribution is 2.35. The normalized spacial score (nSPS) is 20.9. The summed E-state index contributed by atoms with van der Waals surface area (Å²) in [7, 11) is 0. The topological polar surface area (TPSA) is 87.0 Å². The lowest BCUT2D eigenvalue weighted by Gasteiger charge is -2.46. The van der Waals surface area contributed by atoms with Gasteiger partial charge >= 0.3 is 0 Å². The third kappa shape index (κ3) is 5.09. The van der Waals surface area contributed by atoms with Crippen molar-refractivity contribution in [2.24, 2.45) is 11.1 Å². The highest BCUT2D eigenvalue weighted by Gasteiger charge is 2.44. The lowest BCUT2D eigenvalue weighted by atomic mass is 9.78. The van der Waals surface area contributed by atoms with Crippen molar-refractivity contribution in [3.05, 3.63) is 71.8 Å². The Morgan fingerprint density at radius 3 is 2.12 bits per heavy atom. The van der Waals surface area contributed by atoms with Crippen LogP contribution in [0.3, 0.4) is 0 Å². The minimum Gasteiger partial charge on any atom is -0.368 e.